The van der Waals surface area contributed by atoms with Crippen molar-refractivity contribution in [3.8, 4) is 0 Å². The molecule has 2 aromatic rings. The van der Waals surface area contributed by atoms with Gasteiger partial charge in [0.2, 0.25) is 0 Å². The first-order valence-corrected chi connectivity index (χ1v) is 3.82. The first-order valence-electron chi connectivity index (χ1n) is 3.44. The number of nitrogens with zero attached hydrogens (tertiary/aromatic N) is 1. The number of halogens is 1. The van der Waals surface area contributed by atoms with Crippen molar-refractivity contribution in [3.05, 3.63) is 29.2 Å². The number of aromatic nitrogens is 1. The highest BCUT2D eigenvalue weighted by Gasteiger charge is 2.02. The van der Waals surface area contributed by atoms with E-state index < -0.39 is 0 Å². The Kier molecular flexibility index (Phi) is 1.75. The topological polar surface area (TPSA) is 46.3 Å². The van der Waals surface area contributed by atoms with Crippen molar-refractivity contribution in [1.29, 1.82) is 0 Å². The minimum atomic E-state index is -0.105. The number of hydrogen-bond acceptors (Lipinski definition) is 3. The van der Waals surface area contributed by atoms with Crippen LogP contribution in [0.25, 0.3) is 11.0 Å². The van der Waals surface area contributed by atoms with Crippen LogP contribution in [0.15, 0.2) is 22.7 Å². The first kappa shape index (κ1) is 7.58. The summed E-state index contributed by atoms with van der Waals surface area (Å²) >= 11 is 5.64. The Balaban J connectivity index is 2.67. The third kappa shape index (κ3) is 1.17. The molecule has 0 atom stereocenters. The lowest BCUT2D eigenvalue weighted by atomic mass is 10.3. The van der Waals surface area contributed by atoms with Crippen molar-refractivity contribution in [1.82, 2.24) is 4.98 Å². The first-order chi connectivity index (χ1) is 5.79. The molecule has 3 nitrogen and oxygen atoms in total. The lowest BCUT2D eigenvalue weighted by Gasteiger charge is -1.87. The molecule has 0 aliphatic carbocycles. The maximum Gasteiger partial charge on any atom is 0.139 e. The summed E-state index contributed by atoms with van der Waals surface area (Å²) in [5.74, 6) is 0.522. The van der Waals surface area contributed by atoms with Crippen molar-refractivity contribution in [2.75, 3.05) is 0 Å². The van der Waals surface area contributed by atoms with Gasteiger partial charge in [-0.25, -0.2) is 4.98 Å². The summed E-state index contributed by atoms with van der Waals surface area (Å²) in [6.45, 7) is -0.105. The zero-order valence-electron chi connectivity index (χ0n) is 6.12. The summed E-state index contributed by atoms with van der Waals surface area (Å²) in [6, 6.07) is 3.36. The summed E-state index contributed by atoms with van der Waals surface area (Å²) in [4.78, 5) is 3.88. The fraction of sp³-hybridized carbons (Fsp3) is 0.125. The highest BCUT2D eigenvalue weighted by molar-refractivity contribution is 6.29. The van der Waals surface area contributed by atoms with E-state index in [2.05, 4.69) is 4.98 Å². The van der Waals surface area contributed by atoms with Crippen LogP contribution in [0.2, 0.25) is 5.15 Å². The average molecular weight is 184 g/mol. The molecule has 0 spiro atoms. The van der Waals surface area contributed by atoms with Crippen LogP contribution in [-0.4, -0.2) is 10.1 Å². The van der Waals surface area contributed by atoms with Gasteiger partial charge < -0.3 is 9.52 Å². The van der Waals surface area contributed by atoms with Crippen LogP contribution < -0.4 is 0 Å². The Morgan fingerprint density at radius 3 is 3.08 bits per heavy atom. The Hall–Kier alpha value is -1.06. The molecule has 0 saturated carbocycles. The molecule has 2 heterocycles. The van der Waals surface area contributed by atoms with E-state index in [0.717, 1.165) is 5.39 Å². The number of furan rings is 1. The van der Waals surface area contributed by atoms with Crippen LogP contribution in [0.3, 0.4) is 0 Å². The second-order valence-corrected chi connectivity index (χ2v) is 2.80. The van der Waals surface area contributed by atoms with E-state index >= 15 is 0 Å². The smallest absolute Gasteiger partial charge is 0.139 e. The molecule has 1 N–H and O–H groups in total. The number of aliphatic hydroxyl groups excluding tert-OH is 1. The van der Waals surface area contributed by atoms with Gasteiger partial charge in [-0.15, -0.1) is 0 Å². The molecule has 2 rings (SSSR count). The Bertz CT molecular complexity index is 410. The van der Waals surface area contributed by atoms with Gasteiger partial charge >= 0.3 is 0 Å². The highest BCUT2D eigenvalue weighted by Crippen LogP contribution is 2.20. The SMILES string of the molecule is OCc1cc2cnc(Cl)cc2o1. The fourth-order valence-electron chi connectivity index (χ4n) is 1.04. The van der Waals surface area contributed by atoms with Gasteiger partial charge in [-0.1, -0.05) is 11.6 Å². The van der Waals surface area contributed by atoms with Gasteiger partial charge in [0, 0.05) is 17.6 Å². The summed E-state index contributed by atoms with van der Waals surface area (Å²) in [5.41, 5.74) is 0.652. The summed E-state index contributed by atoms with van der Waals surface area (Å²) in [7, 11) is 0. The molecule has 0 aliphatic heterocycles. The Morgan fingerprint density at radius 2 is 2.33 bits per heavy atom. The van der Waals surface area contributed by atoms with E-state index in [0.29, 0.717) is 16.5 Å². The van der Waals surface area contributed by atoms with Gasteiger partial charge in [-0.3, -0.25) is 0 Å². The second-order valence-electron chi connectivity index (χ2n) is 2.42. The van der Waals surface area contributed by atoms with Crippen LogP contribution in [0.5, 0.6) is 0 Å². The van der Waals surface area contributed by atoms with Gasteiger partial charge in [0.05, 0.1) is 0 Å². The maximum atomic E-state index is 8.76. The number of pyridine rings is 1. The van der Waals surface area contributed by atoms with E-state index in [4.69, 9.17) is 21.1 Å². The van der Waals surface area contributed by atoms with Crippen molar-refractivity contribution < 1.29 is 9.52 Å². The molecule has 2 aromatic heterocycles. The van der Waals surface area contributed by atoms with Crippen LogP contribution >= 0.6 is 11.6 Å². The predicted molar refractivity (Wildman–Crippen MR) is 44.9 cm³/mol. The van der Waals surface area contributed by atoms with Crippen LogP contribution in [0.4, 0.5) is 0 Å². The summed E-state index contributed by atoms with van der Waals surface area (Å²) < 4.78 is 5.22. The number of aliphatic hydroxyl groups is 1. The molecule has 0 amide bonds. The quantitative estimate of drug-likeness (QED) is 0.688. The Labute approximate surface area is 73.6 Å². The molecule has 0 radical (unpaired) electrons. The second kappa shape index (κ2) is 2.77. The Morgan fingerprint density at radius 1 is 1.50 bits per heavy atom. The molecule has 12 heavy (non-hydrogen) atoms. The molecule has 0 saturated heterocycles. The normalized spacial score (nSPS) is 10.8. The third-order valence-corrected chi connectivity index (χ3v) is 1.78. The van der Waals surface area contributed by atoms with Crippen molar-refractivity contribution in [2.24, 2.45) is 0 Å². The highest BCUT2D eigenvalue weighted by atomic mass is 35.5. The third-order valence-electron chi connectivity index (χ3n) is 1.58. The van der Waals surface area contributed by atoms with Gasteiger partial charge in [0.1, 0.15) is 23.1 Å². The average Bonchev–Trinajstić information content (AvgIpc) is 2.46. The van der Waals surface area contributed by atoms with E-state index in [-0.39, 0.29) is 6.61 Å². The molecule has 0 aliphatic rings. The van der Waals surface area contributed by atoms with E-state index in [9.17, 15) is 0 Å². The van der Waals surface area contributed by atoms with Gasteiger partial charge in [-0.05, 0) is 6.07 Å². The van der Waals surface area contributed by atoms with E-state index in [1.165, 1.54) is 0 Å². The monoisotopic (exact) mass is 183 g/mol. The number of rotatable bonds is 1. The van der Waals surface area contributed by atoms with E-state index in [1.807, 2.05) is 0 Å². The molecular weight excluding hydrogens is 178 g/mol. The minimum absolute atomic E-state index is 0.105. The predicted octanol–water partition coefficient (Wildman–Crippen LogP) is 1.97. The van der Waals surface area contributed by atoms with Crippen molar-refractivity contribution in [3.63, 3.8) is 0 Å². The largest absolute Gasteiger partial charge is 0.458 e. The molecule has 0 fully saturated rings. The van der Waals surface area contributed by atoms with Crippen molar-refractivity contribution in [2.45, 2.75) is 6.61 Å². The maximum absolute atomic E-state index is 8.76. The molecule has 0 aromatic carbocycles. The molecule has 62 valence electrons. The van der Waals surface area contributed by atoms with Crippen LogP contribution in [0.1, 0.15) is 5.76 Å². The lowest BCUT2D eigenvalue weighted by Crippen LogP contribution is -1.72. The number of fused-ring (bicyclic) bond motifs is 1. The lowest BCUT2D eigenvalue weighted by molar-refractivity contribution is 0.251. The molecule has 4 heteroatoms. The number of hydrogen-bond donors (Lipinski definition) is 1. The summed E-state index contributed by atoms with van der Waals surface area (Å²) in [6.07, 6.45) is 1.61. The molecular formula is C8H6ClNO2. The summed E-state index contributed by atoms with van der Waals surface area (Å²) in [5, 5.41) is 10.0. The van der Waals surface area contributed by atoms with Gasteiger partial charge in [-0.2, -0.15) is 0 Å². The molecule has 0 unspecified atom stereocenters. The standard InChI is InChI=1S/C8H6ClNO2/c9-8-2-7-5(3-10-8)1-6(4-11)12-7/h1-3,11H,4H2. The van der Waals surface area contributed by atoms with Crippen LogP contribution in [0, 0.1) is 0 Å². The zero-order valence-corrected chi connectivity index (χ0v) is 6.88. The molecule has 0 bridgehead atoms. The fourth-order valence-corrected chi connectivity index (χ4v) is 1.19. The zero-order chi connectivity index (χ0) is 8.55. The van der Waals surface area contributed by atoms with Crippen LogP contribution in [-0.2, 0) is 6.61 Å². The van der Waals surface area contributed by atoms with Crippen molar-refractivity contribution >= 4 is 22.6 Å². The van der Waals surface area contributed by atoms with Gasteiger partial charge in [0.15, 0.2) is 0 Å². The van der Waals surface area contributed by atoms with E-state index in [1.54, 1.807) is 18.3 Å². The minimum Gasteiger partial charge on any atom is -0.458 e. The van der Waals surface area contributed by atoms with Gasteiger partial charge in [0.25, 0.3) is 0 Å².